The van der Waals surface area contributed by atoms with Crippen molar-refractivity contribution in [1.82, 2.24) is 4.90 Å². The second-order valence-electron chi connectivity index (χ2n) is 4.00. The highest BCUT2D eigenvalue weighted by atomic mass is 32.1. The number of hydrogen-bond acceptors (Lipinski definition) is 2. The highest BCUT2D eigenvalue weighted by molar-refractivity contribution is 7.14. The van der Waals surface area contributed by atoms with Gasteiger partial charge in [-0.05, 0) is 31.9 Å². The minimum Gasteiger partial charge on any atom is -0.329 e. The fourth-order valence-electron chi connectivity index (χ4n) is 1.68. The maximum atomic E-state index is 12.3. The van der Waals surface area contributed by atoms with Gasteiger partial charge in [-0.1, -0.05) is 6.92 Å². The average Bonchev–Trinajstić information content (AvgIpc) is 2.65. The van der Waals surface area contributed by atoms with E-state index in [4.69, 9.17) is 0 Å². The van der Waals surface area contributed by atoms with Crippen molar-refractivity contribution in [3.05, 3.63) is 21.4 Å². The maximum absolute atomic E-state index is 12.3. The third-order valence-electron chi connectivity index (χ3n) is 2.59. The fraction of sp³-hybridized carbons (Fsp3) is 0.583. The van der Waals surface area contributed by atoms with Crippen molar-refractivity contribution >= 4 is 17.2 Å². The van der Waals surface area contributed by atoms with Gasteiger partial charge in [0.2, 0.25) is 0 Å². The number of amides is 1. The minimum atomic E-state index is -4.36. The summed E-state index contributed by atoms with van der Waals surface area (Å²) in [4.78, 5) is 14.2. The summed E-state index contributed by atoms with van der Waals surface area (Å²) in [6.45, 7) is 4.23. The normalized spacial score (nSPS) is 11.7. The zero-order valence-electron chi connectivity index (χ0n) is 10.6. The number of carbonyl (C=O) groups excluding carboxylic acids is 1. The number of nitrogens with zero attached hydrogens (tertiary/aromatic N) is 1. The molecule has 0 saturated carbocycles. The first-order chi connectivity index (χ1) is 8.28. The van der Waals surface area contributed by atoms with Crippen molar-refractivity contribution in [2.75, 3.05) is 13.1 Å². The average molecular weight is 279 g/mol. The Morgan fingerprint density at radius 1 is 1.39 bits per heavy atom. The molecule has 0 aliphatic heterocycles. The molecule has 0 atom stereocenters. The van der Waals surface area contributed by atoms with E-state index in [9.17, 15) is 18.0 Å². The van der Waals surface area contributed by atoms with Crippen molar-refractivity contribution in [3.63, 3.8) is 0 Å². The number of hydrogen-bond donors (Lipinski definition) is 0. The number of alkyl halides is 3. The molecule has 0 aliphatic carbocycles. The Morgan fingerprint density at radius 3 is 2.39 bits per heavy atom. The predicted molar refractivity (Wildman–Crippen MR) is 66.1 cm³/mol. The summed E-state index contributed by atoms with van der Waals surface area (Å²) in [5.41, 5.74) is 0.967. The molecule has 102 valence electrons. The predicted octanol–water partition coefficient (Wildman–Crippen LogP) is 3.64. The van der Waals surface area contributed by atoms with Crippen LogP contribution >= 0.6 is 11.3 Å². The van der Waals surface area contributed by atoms with E-state index >= 15 is 0 Å². The lowest BCUT2D eigenvalue weighted by molar-refractivity contribution is -0.140. The highest BCUT2D eigenvalue weighted by Crippen LogP contribution is 2.25. The Hall–Kier alpha value is -1.04. The molecular weight excluding hydrogens is 263 g/mol. The molecule has 0 fully saturated rings. The van der Waals surface area contributed by atoms with Gasteiger partial charge in [0, 0.05) is 11.4 Å². The van der Waals surface area contributed by atoms with Gasteiger partial charge in [0.1, 0.15) is 6.54 Å². The van der Waals surface area contributed by atoms with Crippen LogP contribution < -0.4 is 0 Å². The van der Waals surface area contributed by atoms with E-state index in [1.54, 1.807) is 13.0 Å². The lowest BCUT2D eigenvalue weighted by Gasteiger charge is -2.21. The van der Waals surface area contributed by atoms with E-state index in [2.05, 4.69) is 0 Å². The van der Waals surface area contributed by atoms with Crippen LogP contribution in [0.15, 0.2) is 6.07 Å². The van der Waals surface area contributed by atoms with Crippen molar-refractivity contribution in [1.29, 1.82) is 0 Å². The van der Waals surface area contributed by atoms with Crippen LogP contribution in [0.25, 0.3) is 0 Å². The van der Waals surface area contributed by atoms with Gasteiger partial charge >= 0.3 is 6.18 Å². The van der Waals surface area contributed by atoms with Crippen LogP contribution in [0.3, 0.4) is 0 Å². The monoisotopic (exact) mass is 279 g/mol. The van der Waals surface area contributed by atoms with Crippen molar-refractivity contribution in [2.24, 2.45) is 0 Å². The van der Waals surface area contributed by atoms with Crippen molar-refractivity contribution < 1.29 is 18.0 Å². The van der Waals surface area contributed by atoms with Gasteiger partial charge in [0.25, 0.3) is 5.91 Å². The SMILES string of the molecule is CCc1sc(C(=O)N(CC)CC(F)(F)F)cc1C. The molecule has 0 unspecified atom stereocenters. The van der Waals surface area contributed by atoms with Crippen LogP contribution in [0.4, 0.5) is 13.2 Å². The number of aryl methyl sites for hydroxylation is 2. The molecule has 6 heteroatoms. The van der Waals surface area contributed by atoms with E-state index in [0.29, 0.717) is 4.88 Å². The van der Waals surface area contributed by atoms with Gasteiger partial charge in [0.05, 0.1) is 4.88 Å². The van der Waals surface area contributed by atoms with Crippen LogP contribution in [0.1, 0.15) is 34.0 Å². The number of thiophene rings is 1. The molecule has 0 spiro atoms. The Morgan fingerprint density at radius 2 is 2.00 bits per heavy atom. The van der Waals surface area contributed by atoms with Crippen LogP contribution in [0.2, 0.25) is 0 Å². The van der Waals surface area contributed by atoms with Crippen LogP contribution in [0, 0.1) is 6.92 Å². The minimum absolute atomic E-state index is 0.0523. The number of rotatable bonds is 4. The van der Waals surface area contributed by atoms with Gasteiger partial charge in [-0.3, -0.25) is 4.79 Å². The third-order valence-corrected chi connectivity index (χ3v) is 3.96. The van der Waals surface area contributed by atoms with E-state index in [-0.39, 0.29) is 6.54 Å². The molecule has 1 aromatic heterocycles. The van der Waals surface area contributed by atoms with Crippen molar-refractivity contribution in [2.45, 2.75) is 33.4 Å². The number of carbonyl (C=O) groups is 1. The first-order valence-corrected chi connectivity index (χ1v) is 6.55. The summed E-state index contributed by atoms with van der Waals surface area (Å²) in [5.74, 6) is -0.539. The van der Waals surface area contributed by atoms with Crippen LogP contribution in [-0.4, -0.2) is 30.1 Å². The molecule has 1 amide bonds. The first-order valence-electron chi connectivity index (χ1n) is 5.73. The van der Waals surface area contributed by atoms with Crippen molar-refractivity contribution in [3.8, 4) is 0 Å². The largest absolute Gasteiger partial charge is 0.406 e. The fourth-order valence-corrected chi connectivity index (χ4v) is 2.76. The van der Waals surface area contributed by atoms with Gasteiger partial charge in [-0.2, -0.15) is 13.2 Å². The molecular formula is C12H16F3NOS. The number of halogens is 3. The molecule has 18 heavy (non-hydrogen) atoms. The Kier molecular flexibility index (Phi) is 4.78. The smallest absolute Gasteiger partial charge is 0.329 e. The van der Waals surface area contributed by atoms with E-state index < -0.39 is 18.6 Å². The summed E-state index contributed by atoms with van der Waals surface area (Å²) >= 11 is 1.28. The molecule has 2 nitrogen and oxygen atoms in total. The van der Waals surface area contributed by atoms with Gasteiger partial charge in [-0.25, -0.2) is 0 Å². The Labute approximate surface area is 108 Å². The molecule has 1 heterocycles. The maximum Gasteiger partial charge on any atom is 0.406 e. The summed E-state index contributed by atoms with van der Waals surface area (Å²) < 4.78 is 37.0. The molecule has 0 saturated heterocycles. The highest BCUT2D eigenvalue weighted by Gasteiger charge is 2.33. The summed E-state index contributed by atoms with van der Waals surface area (Å²) in [6, 6.07) is 1.67. The topological polar surface area (TPSA) is 20.3 Å². The van der Waals surface area contributed by atoms with Crippen LogP contribution in [0.5, 0.6) is 0 Å². The molecule has 0 N–H and O–H groups in total. The van der Waals surface area contributed by atoms with E-state index in [1.165, 1.54) is 11.3 Å². The molecule has 1 rings (SSSR count). The second kappa shape index (κ2) is 5.73. The first kappa shape index (κ1) is 15.0. The second-order valence-corrected chi connectivity index (χ2v) is 5.14. The molecule has 0 aromatic carbocycles. The van der Waals surface area contributed by atoms with Gasteiger partial charge in [0.15, 0.2) is 0 Å². The summed E-state index contributed by atoms with van der Waals surface area (Å²) in [6.07, 6.45) is -3.57. The van der Waals surface area contributed by atoms with E-state index in [1.807, 2.05) is 13.8 Å². The molecule has 0 bridgehead atoms. The van der Waals surface area contributed by atoms with Gasteiger partial charge < -0.3 is 4.90 Å². The zero-order chi connectivity index (χ0) is 13.9. The third kappa shape index (κ3) is 3.73. The standard InChI is InChI=1S/C12H16F3NOS/c1-4-9-8(3)6-10(18-9)11(17)16(5-2)7-12(13,14)15/h6H,4-5,7H2,1-3H3. The summed E-state index contributed by atoms with van der Waals surface area (Å²) in [7, 11) is 0. The molecule has 1 aromatic rings. The quantitative estimate of drug-likeness (QED) is 0.824. The molecule has 0 radical (unpaired) electrons. The lowest BCUT2D eigenvalue weighted by atomic mass is 10.2. The Balaban J connectivity index is 2.89. The lowest BCUT2D eigenvalue weighted by Crippen LogP contribution is -2.38. The zero-order valence-corrected chi connectivity index (χ0v) is 11.4. The summed E-state index contributed by atoms with van der Waals surface area (Å²) in [5, 5.41) is 0. The van der Waals surface area contributed by atoms with Crippen LogP contribution in [-0.2, 0) is 6.42 Å². The van der Waals surface area contributed by atoms with E-state index in [0.717, 1.165) is 21.8 Å². The molecule has 0 aliphatic rings. The van der Waals surface area contributed by atoms with Gasteiger partial charge in [-0.15, -0.1) is 11.3 Å². The Bertz CT molecular complexity index is 425.